The Kier molecular flexibility index (Phi) is 20.2. The average Bonchev–Trinajstić information content (AvgIpc) is 3.39. The molecule has 0 aromatic heterocycles. The van der Waals surface area contributed by atoms with E-state index in [0.29, 0.717) is 44.6 Å². The Labute approximate surface area is 315 Å². The van der Waals surface area contributed by atoms with Gasteiger partial charge in [-0.25, -0.2) is 0 Å². The molecule has 2 aliphatic carbocycles. The van der Waals surface area contributed by atoms with E-state index in [0.717, 1.165) is 64.2 Å². The van der Waals surface area contributed by atoms with Gasteiger partial charge < -0.3 is 30.4 Å². The Bertz CT molecular complexity index is 1100. The number of carbonyl (C=O) groups excluding carboxylic acids is 4. The summed E-state index contributed by atoms with van der Waals surface area (Å²) in [6.07, 6.45) is 11.6. The van der Waals surface area contributed by atoms with Crippen LogP contribution in [0.1, 0.15) is 165 Å². The van der Waals surface area contributed by atoms with Crippen LogP contribution in [0.25, 0.3) is 0 Å². The van der Waals surface area contributed by atoms with Crippen LogP contribution in [0.3, 0.4) is 0 Å². The van der Waals surface area contributed by atoms with Crippen molar-refractivity contribution in [2.45, 2.75) is 183 Å². The average molecular weight is 737 g/mol. The minimum atomic E-state index is -0.339. The fourth-order valence-corrected chi connectivity index (χ4v) is 9.36. The zero-order valence-electron chi connectivity index (χ0n) is 34.2. The SMILES string of the molecule is CCCCCCOC(=O)CC[C@@H](C)[C@H]1CC[C@@H](C)[C@]1(C)[C@H](C[C@@H](C)[C@@]1(C)CC[C@@H](OC(=O)CCN)CC1C[C@H](C)OC(=O)CCC)OC(=O)CCN. The van der Waals surface area contributed by atoms with Crippen LogP contribution in [-0.4, -0.2) is 61.9 Å². The molecule has 10 heteroatoms. The largest absolute Gasteiger partial charge is 0.466 e. The Morgan fingerprint density at radius 3 is 2.12 bits per heavy atom. The first-order valence-electron chi connectivity index (χ1n) is 20.8. The molecule has 302 valence electrons. The van der Waals surface area contributed by atoms with Crippen LogP contribution < -0.4 is 11.5 Å². The van der Waals surface area contributed by atoms with E-state index in [1.165, 1.54) is 0 Å². The Morgan fingerprint density at radius 1 is 0.788 bits per heavy atom. The minimum absolute atomic E-state index is 0.105. The second kappa shape index (κ2) is 22.9. The molecule has 0 heterocycles. The fourth-order valence-electron chi connectivity index (χ4n) is 9.36. The van der Waals surface area contributed by atoms with E-state index in [2.05, 4.69) is 41.5 Å². The summed E-state index contributed by atoms with van der Waals surface area (Å²) in [7, 11) is 0. The van der Waals surface area contributed by atoms with Crippen molar-refractivity contribution in [1.82, 2.24) is 0 Å². The van der Waals surface area contributed by atoms with Crippen molar-refractivity contribution >= 4 is 23.9 Å². The maximum absolute atomic E-state index is 13.2. The molecule has 2 saturated carbocycles. The van der Waals surface area contributed by atoms with E-state index in [4.69, 9.17) is 30.4 Å². The number of carbonyl (C=O) groups is 4. The first-order chi connectivity index (χ1) is 24.7. The van der Waals surface area contributed by atoms with Crippen molar-refractivity contribution in [1.29, 1.82) is 0 Å². The van der Waals surface area contributed by atoms with Gasteiger partial charge in [0.15, 0.2) is 0 Å². The molecule has 52 heavy (non-hydrogen) atoms. The summed E-state index contributed by atoms with van der Waals surface area (Å²) in [6.45, 7) is 18.4. The van der Waals surface area contributed by atoms with Gasteiger partial charge >= 0.3 is 23.9 Å². The Hall–Kier alpha value is -2.20. The lowest BCUT2D eigenvalue weighted by Gasteiger charge is -2.51. The normalized spacial score (nSPS) is 28.3. The molecule has 2 aliphatic rings. The summed E-state index contributed by atoms with van der Waals surface area (Å²) in [5.41, 5.74) is 11.0. The van der Waals surface area contributed by atoms with Crippen LogP contribution in [0.15, 0.2) is 0 Å². The van der Waals surface area contributed by atoms with Crippen molar-refractivity contribution in [2.75, 3.05) is 19.7 Å². The molecule has 0 radical (unpaired) electrons. The highest BCUT2D eigenvalue weighted by molar-refractivity contribution is 5.70. The van der Waals surface area contributed by atoms with Crippen LogP contribution in [0.4, 0.5) is 0 Å². The van der Waals surface area contributed by atoms with Crippen molar-refractivity contribution in [3.8, 4) is 0 Å². The number of unbranched alkanes of at least 4 members (excludes halogenated alkanes) is 3. The molecule has 0 saturated heterocycles. The van der Waals surface area contributed by atoms with Crippen molar-refractivity contribution < 1.29 is 38.1 Å². The maximum atomic E-state index is 13.2. The third-order valence-corrected chi connectivity index (χ3v) is 13.1. The third kappa shape index (κ3) is 13.6. The highest BCUT2D eigenvalue weighted by Gasteiger charge is 2.55. The van der Waals surface area contributed by atoms with Gasteiger partial charge in [-0.2, -0.15) is 0 Å². The first kappa shape index (κ1) is 46.0. The summed E-state index contributed by atoms with van der Waals surface area (Å²) in [4.78, 5) is 50.8. The minimum Gasteiger partial charge on any atom is -0.466 e. The van der Waals surface area contributed by atoms with Gasteiger partial charge in [-0.3, -0.25) is 19.2 Å². The van der Waals surface area contributed by atoms with Crippen LogP contribution in [-0.2, 0) is 38.1 Å². The van der Waals surface area contributed by atoms with Crippen molar-refractivity contribution in [3.63, 3.8) is 0 Å². The number of esters is 4. The maximum Gasteiger partial charge on any atom is 0.307 e. The van der Waals surface area contributed by atoms with Crippen LogP contribution in [0, 0.1) is 40.4 Å². The molecule has 10 nitrogen and oxygen atoms in total. The van der Waals surface area contributed by atoms with Gasteiger partial charge in [-0.05, 0) is 106 Å². The van der Waals surface area contributed by atoms with Gasteiger partial charge in [-0.1, -0.05) is 67.7 Å². The lowest BCUT2D eigenvalue weighted by Crippen LogP contribution is -2.49. The number of hydrogen-bond donors (Lipinski definition) is 2. The lowest BCUT2D eigenvalue weighted by atomic mass is 9.56. The summed E-state index contributed by atoms with van der Waals surface area (Å²) in [6, 6.07) is 0. The summed E-state index contributed by atoms with van der Waals surface area (Å²) in [5.74, 6) is 0.191. The topological polar surface area (TPSA) is 157 Å². The van der Waals surface area contributed by atoms with Crippen LogP contribution in [0.2, 0.25) is 0 Å². The number of rotatable bonds is 24. The van der Waals surface area contributed by atoms with E-state index in [9.17, 15) is 19.2 Å². The molecule has 1 unspecified atom stereocenters. The first-order valence-corrected chi connectivity index (χ1v) is 20.8. The van der Waals surface area contributed by atoms with Gasteiger partial charge in [0, 0.05) is 31.3 Å². The van der Waals surface area contributed by atoms with Crippen molar-refractivity contribution in [2.24, 2.45) is 51.9 Å². The highest BCUT2D eigenvalue weighted by atomic mass is 16.6. The Morgan fingerprint density at radius 2 is 1.46 bits per heavy atom. The fraction of sp³-hybridized carbons (Fsp3) is 0.905. The predicted octanol–water partition coefficient (Wildman–Crippen LogP) is 8.05. The van der Waals surface area contributed by atoms with E-state index in [1.54, 1.807) is 0 Å². The zero-order valence-corrected chi connectivity index (χ0v) is 34.2. The standard InChI is InChI=1S/C42H76N2O8/c1-9-11-12-13-25-49-37(45)18-15-29(3)35-17-16-30(4)42(35,8)36(52-40(48)21-24-44)26-31(5)41(7)22-19-34(51-39(47)20-23-43)28-33(41)27-32(6)50-38(46)14-10-2/h29-36H,9-28,43-44H2,1-8H3/t29-,30-,31-,32+,33?,34-,35-,36+,41-,42+/m1/s1. The smallest absolute Gasteiger partial charge is 0.307 e. The van der Waals surface area contributed by atoms with E-state index in [-0.39, 0.29) is 103 Å². The molecular formula is C42H76N2O8. The lowest BCUT2D eigenvalue weighted by molar-refractivity contribution is -0.166. The molecule has 0 spiro atoms. The van der Waals surface area contributed by atoms with Gasteiger partial charge in [0.1, 0.15) is 12.2 Å². The van der Waals surface area contributed by atoms with Gasteiger partial charge in [0.2, 0.25) is 0 Å². The van der Waals surface area contributed by atoms with E-state index < -0.39 is 0 Å². The molecule has 10 atom stereocenters. The molecule has 0 amide bonds. The molecule has 0 aromatic carbocycles. The molecule has 0 aromatic rings. The predicted molar refractivity (Wildman–Crippen MR) is 205 cm³/mol. The molecule has 0 aliphatic heterocycles. The quantitative estimate of drug-likeness (QED) is 0.0564. The summed E-state index contributed by atoms with van der Waals surface area (Å²) < 4.78 is 23.8. The number of hydrogen-bond acceptors (Lipinski definition) is 10. The second-order valence-corrected chi connectivity index (χ2v) is 16.8. The second-order valence-electron chi connectivity index (χ2n) is 16.8. The molecule has 2 fully saturated rings. The van der Waals surface area contributed by atoms with Crippen molar-refractivity contribution in [3.05, 3.63) is 0 Å². The van der Waals surface area contributed by atoms with E-state index >= 15 is 0 Å². The monoisotopic (exact) mass is 737 g/mol. The zero-order chi connectivity index (χ0) is 38.9. The highest BCUT2D eigenvalue weighted by Crippen LogP contribution is 2.58. The number of ether oxygens (including phenoxy) is 4. The summed E-state index contributed by atoms with van der Waals surface area (Å²) >= 11 is 0. The molecule has 2 rings (SSSR count). The molecule has 4 N–H and O–H groups in total. The Balaban J connectivity index is 2.33. The van der Waals surface area contributed by atoms with Gasteiger partial charge in [0.05, 0.1) is 25.6 Å². The van der Waals surface area contributed by atoms with Gasteiger partial charge in [-0.15, -0.1) is 0 Å². The molecular weight excluding hydrogens is 660 g/mol. The third-order valence-electron chi connectivity index (χ3n) is 13.1. The molecule has 0 bridgehead atoms. The van der Waals surface area contributed by atoms with Crippen LogP contribution in [0.5, 0.6) is 0 Å². The van der Waals surface area contributed by atoms with E-state index in [1.807, 2.05) is 13.8 Å². The summed E-state index contributed by atoms with van der Waals surface area (Å²) in [5, 5.41) is 0. The van der Waals surface area contributed by atoms with Gasteiger partial charge in [0.25, 0.3) is 0 Å². The van der Waals surface area contributed by atoms with Crippen LogP contribution >= 0.6 is 0 Å². The number of nitrogens with two attached hydrogens (primary N) is 2.